The van der Waals surface area contributed by atoms with E-state index in [1.54, 1.807) is 30.8 Å². The van der Waals surface area contributed by atoms with E-state index in [9.17, 15) is 14.7 Å². The summed E-state index contributed by atoms with van der Waals surface area (Å²) in [6, 6.07) is 6.64. The minimum absolute atomic E-state index is 0.176. The van der Waals surface area contributed by atoms with Crippen molar-refractivity contribution in [3.8, 4) is 0 Å². The second-order valence-electron chi connectivity index (χ2n) is 5.27. The summed E-state index contributed by atoms with van der Waals surface area (Å²) in [5.41, 5.74) is 1.53. The molecule has 0 saturated heterocycles. The molecular formula is C16H24N2O3S. The van der Waals surface area contributed by atoms with E-state index in [1.807, 2.05) is 25.3 Å². The van der Waals surface area contributed by atoms with Gasteiger partial charge in [-0.2, -0.15) is 11.8 Å². The number of benzene rings is 1. The number of amides is 2. The first-order chi connectivity index (χ1) is 10.4. The maximum Gasteiger partial charge on any atom is 0.251 e. The van der Waals surface area contributed by atoms with Crippen LogP contribution in [0.4, 0.5) is 0 Å². The van der Waals surface area contributed by atoms with Crippen LogP contribution in [-0.2, 0) is 4.79 Å². The molecule has 1 aromatic rings. The second-order valence-corrected chi connectivity index (χ2v) is 6.26. The van der Waals surface area contributed by atoms with Crippen LogP contribution < -0.4 is 10.6 Å². The molecule has 0 bridgehead atoms. The molecule has 6 heteroatoms. The summed E-state index contributed by atoms with van der Waals surface area (Å²) in [7, 11) is 0. The molecule has 0 heterocycles. The van der Waals surface area contributed by atoms with Gasteiger partial charge in [-0.25, -0.2) is 0 Å². The average molecular weight is 324 g/mol. The molecule has 22 heavy (non-hydrogen) atoms. The highest BCUT2D eigenvalue weighted by atomic mass is 32.2. The number of rotatable bonds is 8. The Bertz CT molecular complexity index is 506. The summed E-state index contributed by atoms with van der Waals surface area (Å²) in [6.07, 6.45) is 1.88. The van der Waals surface area contributed by atoms with Crippen molar-refractivity contribution >= 4 is 23.6 Å². The summed E-state index contributed by atoms with van der Waals surface area (Å²) >= 11 is 1.62. The molecule has 0 fully saturated rings. The molecule has 0 aliphatic rings. The molecule has 0 saturated carbocycles. The van der Waals surface area contributed by atoms with Crippen LogP contribution >= 0.6 is 11.8 Å². The predicted molar refractivity (Wildman–Crippen MR) is 90.1 cm³/mol. The number of aliphatic hydroxyl groups excluding tert-OH is 1. The van der Waals surface area contributed by atoms with Crippen molar-refractivity contribution in [2.24, 2.45) is 0 Å². The first-order valence-corrected chi connectivity index (χ1v) is 8.65. The third-order valence-electron chi connectivity index (χ3n) is 3.08. The van der Waals surface area contributed by atoms with Crippen LogP contribution in [0.5, 0.6) is 0 Å². The quantitative estimate of drug-likeness (QED) is 0.674. The Hall–Kier alpha value is -1.53. The minimum Gasteiger partial charge on any atom is -0.392 e. The van der Waals surface area contributed by atoms with Crippen LogP contribution in [0.15, 0.2) is 24.3 Å². The lowest BCUT2D eigenvalue weighted by molar-refractivity contribution is -0.123. The van der Waals surface area contributed by atoms with Gasteiger partial charge in [0.25, 0.3) is 5.91 Å². The van der Waals surface area contributed by atoms with Gasteiger partial charge in [0.15, 0.2) is 0 Å². The van der Waals surface area contributed by atoms with Gasteiger partial charge in [0.05, 0.1) is 6.10 Å². The van der Waals surface area contributed by atoms with Crippen molar-refractivity contribution in [3.63, 3.8) is 0 Å². The van der Waals surface area contributed by atoms with Crippen molar-refractivity contribution in [2.75, 3.05) is 18.6 Å². The molecule has 1 aromatic carbocycles. The van der Waals surface area contributed by atoms with Crippen LogP contribution in [0.1, 0.15) is 29.3 Å². The Morgan fingerprint density at radius 1 is 1.36 bits per heavy atom. The molecule has 0 spiro atoms. The van der Waals surface area contributed by atoms with Crippen molar-refractivity contribution in [1.82, 2.24) is 10.6 Å². The van der Waals surface area contributed by atoms with Crippen molar-refractivity contribution in [1.29, 1.82) is 0 Å². The molecular weight excluding hydrogens is 300 g/mol. The van der Waals surface area contributed by atoms with Crippen LogP contribution in [0.25, 0.3) is 0 Å². The van der Waals surface area contributed by atoms with Crippen molar-refractivity contribution in [2.45, 2.75) is 32.4 Å². The Morgan fingerprint density at radius 3 is 2.68 bits per heavy atom. The highest BCUT2D eigenvalue weighted by molar-refractivity contribution is 7.98. The Morgan fingerprint density at radius 2 is 2.09 bits per heavy atom. The van der Waals surface area contributed by atoms with E-state index in [2.05, 4.69) is 10.6 Å². The molecule has 0 aromatic heterocycles. The maximum atomic E-state index is 12.3. The van der Waals surface area contributed by atoms with E-state index in [1.165, 1.54) is 0 Å². The van der Waals surface area contributed by atoms with E-state index >= 15 is 0 Å². The van der Waals surface area contributed by atoms with Crippen LogP contribution in [0.2, 0.25) is 0 Å². The van der Waals surface area contributed by atoms with Gasteiger partial charge in [0.1, 0.15) is 6.04 Å². The number of aliphatic hydroxyl groups is 1. The van der Waals surface area contributed by atoms with E-state index in [-0.39, 0.29) is 18.4 Å². The van der Waals surface area contributed by atoms with Gasteiger partial charge in [-0.05, 0) is 44.4 Å². The molecule has 0 aliphatic carbocycles. The number of hydrogen-bond donors (Lipinski definition) is 3. The highest BCUT2D eigenvalue weighted by Gasteiger charge is 2.21. The van der Waals surface area contributed by atoms with Gasteiger partial charge < -0.3 is 15.7 Å². The number of thioether (sulfide) groups is 1. The molecule has 0 radical (unpaired) electrons. The SMILES string of the molecule is CSCCC(NC(=O)c1cccc(C)c1)C(=O)NCC(C)O. The number of nitrogens with one attached hydrogen (secondary N) is 2. The van der Waals surface area contributed by atoms with E-state index < -0.39 is 12.1 Å². The first kappa shape index (κ1) is 18.5. The number of aryl methyl sites for hydroxylation is 1. The lowest BCUT2D eigenvalue weighted by Gasteiger charge is -2.19. The topological polar surface area (TPSA) is 78.4 Å². The van der Waals surface area contributed by atoms with E-state index in [4.69, 9.17) is 0 Å². The summed E-state index contributed by atoms with van der Waals surface area (Å²) in [4.78, 5) is 24.4. The van der Waals surface area contributed by atoms with Gasteiger partial charge in [0.2, 0.25) is 5.91 Å². The smallest absolute Gasteiger partial charge is 0.251 e. The number of carbonyl (C=O) groups excluding carboxylic acids is 2. The average Bonchev–Trinajstić information content (AvgIpc) is 2.48. The fourth-order valence-corrected chi connectivity index (χ4v) is 2.38. The fraction of sp³-hybridized carbons (Fsp3) is 0.500. The zero-order valence-electron chi connectivity index (χ0n) is 13.3. The Labute approximate surface area is 135 Å². The third-order valence-corrected chi connectivity index (χ3v) is 3.73. The van der Waals surface area contributed by atoms with E-state index in [0.717, 1.165) is 11.3 Å². The zero-order chi connectivity index (χ0) is 16.5. The largest absolute Gasteiger partial charge is 0.392 e. The molecule has 122 valence electrons. The summed E-state index contributed by atoms with van der Waals surface area (Å²) in [5.74, 6) is 0.235. The molecule has 2 atom stereocenters. The predicted octanol–water partition coefficient (Wildman–Crippen LogP) is 1.34. The summed E-state index contributed by atoms with van der Waals surface area (Å²) in [5, 5.41) is 14.7. The van der Waals surface area contributed by atoms with Crippen LogP contribution in [0.3, 0.4) is 0 Å². The Kier molecular flexibility index (Phi) is 7.98. The van der Waals surface area contributed by atoms with Crippen LogP contribution in [-0.4, -0.2) is 47.6 Å². The molecule has 2 unspecified atom stereocenters. The monoisotopic (exact) mass is 324 g/mol. The maximum absolute atomic E-state index is 12.3. The van der Waals surface area contributed by atoms with Gasteiger partial charge in [0, 0.05) is 12.1 Å². The van der Waals surface area contributed by atoms with Gasteiger partial charge in [-0.1, -0.05) is 17.7 Å². The Balaban J connectivity index is 2.71. The normalized spacial score (nSPS) is 13.3. The standard InChI is InChI=1S/C16H24N2O3S/c1-11-5-4-6-13(9-11)15(20)18-14(7-8-22-3)16(21)17-10-12(2)19/h4-6,9,12,14,19H,7-8,10H2,1-3H3,(H,17,21)(H,18,20). The zero-order valence-corrected chi connectivity index (χ0v) is 14.1. The molecule has 3 N–H and O–H groups in total. The lowest BCUT2D eigenvalue weighted by atomic mass is 10.1. The first-order valence-electron chi connectivity index (χ1n) is 7.26. The summed E-state index contributed by atoms with van der Waals surface area (Å²) < 4.78 is 0. The highest BCUT2D eigenvalue weighted by Crippen LogP contribution is 2.06. The van der Waals surface area contributed by atoms with Gasteiger partial charge >= 0.3 is 0 Å². The number of carbonyl (C=O) groups is 2. The third kappa shape index (κ3) is 6.49. The van der Waals surface area contributed by atoms with Gasteiger partial charge in [-0.3, -0.25) is 9.59 Å². The number of hydrogen-bond acceptors (Lipinski definition) is 4. The van der Waals surface area contributed by atoms with Crippen LogP contribution in [0, 0.1) is 6.92 Å². The molecule has 0 aliphatic heterocycles. The van der Waals surface area contributed by atoms with Crippen molar-refractivity contribution in [3.05, 3.63) is 35.4 Å². The lowest BCUT2D eigenvalue weighted by Crippen LogP contribution is -2.48. The van der Waals surface area contributed by atoms with Gasteiger partial charge in [-0.15, -0.1) is 0 Å². The molecule has 5 nitrogen and oxygen atoms in total. The fourth-order valence-electron chi connectivity index (χ4n) is 1.90. The second kappa shape index (κ2) is 9.48. The van der Waals surface area contributed by atoms with E-state index in [0.29, 0.717) is 12.0 Å². The molecule has 1 rings (SSSR count). The summed E-state index contributed by atoms with van der Waals surface area (Å²) in [6.45, 7) is 3.69. The molecule has 2 amide bonds. The minimum atomic E-state index is -0.613. The van der Waals surface area contributed by atoms with Crippen molar-refractivity contribution < 1.29 is 14.7 Å².